The highest BCUT2D eigenvalue weighted by Gasteiger charge is 2.03. The number of hydrogen-bond donors (Lipinski definition) is 2. The first kappa shape index (κ1) is 16.8. The van der Waals surface area contributed by atoms with E-state index in [4.69, 9.17) is 9.47 Å². The van der Waals surface area contributed by atoms with E-state index < -0.39 is 6.10 Å². The zero-order valence-electron chi connectivity index (χ0n) is 11.4. The summed E-state index contributed by atoms with van der Waals surface area (Å²) in [6.45, 7) is 9.79. The first-order valence-electron chi connectivity index (χ1n) is 6.43. The van der Waals surface area contributed by atoms with Crippen LogP contribution >= 0.6 is 0 Å². The Balaban J connectivity index is 3.20. The Morgan fingerprint density at radius 2 is 1.94 bits per heavy atom. The van der Waals surface area contributed by atoms with Crippen LogP contribution in [0, 0.1) is 0 Å². The van der Waals surface area contributed by atoms with E-state index >= 15 is 0 Å². The Labute approximate surface area is 105 Å². The molecule has 0 radical (unpaired) electrons. The number of rotatable bonds is 12. The fourth-order valence-electron chi connectivity index (χ4n) is 1.24. The summed E-state index contributed by atoms with van der Waals surface area (Å²) in [6, 6.07) is 0. The van der Waals surface area contributed by atoms with Gasteiger partial charge in [-0.1, -0.05) is 6.92 Å². The van der Waals surface area contributed by atoms with E-state index in [0.717, 1.165) is 19.6 Å². The number of nitrogens with one attached hydrogen (secondary N) is 1. The minimum atomic E-state index is -0.441. The molecule has 0 fully saturated rings. The molecule has 5 heteroatoms. The number of nitrogens with zero attached hydrogens (tertiary/aromatic N) is 1. The molecule has 1 atom stereocenters. The Morgan fingerprint density at radius 3 is 2.59 bits per heavy atom. The quantitative estimate of drug-likeness (QED) is 0.474. The van der Waals surface area contributed by atoms with Gasteiger partial charge in [-0.15, -0.1) is 0 Å². The van der Waals surface area contributed by atoms with Crippen molar-refractivity contribution in [3.05, 3.63) is 0 Å². The second-order valence-corrected chi connectivity index (χ2v) is 4.03. The van der Waals surface area contributed by atoms with Gasteiger partial charge in [0.1, 0.15) is 0 Å². The average Bonchev–Trinajstić information content (AvgIpc) is 2.34. The molecule has 1 unspecified atom stereocenters. The van der Waals surface area contributed by atoms with Crippen molar-refractivity contribution in [2.24, 2.45) is 0 Å². The van der Waals surface area contributed by atoms with Gasteiger partial charge in [-0.25, -0.2) is 0 Å². The first-order chi connectivity index (χ1) is 8.20. The zero-order valence-corrected chi connectivity index (χ0v) is 11.4. The minimum absolute atomic E-state index is 0.365. The molecule has 0 aliphatic heterocycles. The lowest BCUT2D eigenvalue weighted by Gasteiger charge is -2.16. The predicted molar refractivity (Wildman–Crippen MR) is 69.4 cm³/mol. The number of aliphatic hydroxyl groups is 1. The van der Waals surface area contributed by atoms with Crippen LogP contribution in [0.1, 0.15) is 13.8 Å². The SMILES string of the molecule is CCOCCOCC(O)CNCCN(C)CC. The smallest absolute Gasteiger partial charge is 0.0897 e. The molecule has 0 aliphatic rings. The summed E-state index contributed by atoms with van der Waals surface area (Å²) in [4.78, 5) is 2.22. The summed E-state index contributed by atoms with van der Waals surface area (Å²) >= 11 is 0. The third-order valence-electron chi connectivity index (χ3n) is 2.48. The topological polar surface area (TPSA) is 54.0 Å². The van der Waals surface area contributed by atoms with Crippen LogP contribution in [0.15, 0.2) is 0 Å². The van der Waals surface area contributed by atoms with Crippen LogP contribution in [-0.4, -0.2) is 75.8 Å². The average molecular weight is 248 g/mol. The zero-order chi connectivity index (χ0) is 12.9. The summed E-state index contributed by atoms with van der Waals surface area (Å²) in [6.07, 6.45) is -0.441. The molecule has 0 aromatic heterocycles. The molecule has 0 spiro atoms. The third kappa shape index (κ3) is 12.1. The molecule has 0 aliphatic carbocycles. The van der Waals surface area contributed by atoms with E-state index in [-0.39, 0.29) is 0 Å². The maximum Gasteiger partial charge on any atom is 0.0897 e. The first-order valence-corrected chi connectivity index (χ1v) is 6.43. The highest BCUT2D eigenvalue weighted by atomic mass is 16.5. The monoisotopic (exact) mass is 248 g/mol. The van der Waals surface area contributed by atoms with Gasteiger partial charge in [0.05, 0.1) is 25.9 Å². The molecule has 0 aromatic carbocycles. The third-order valence-corrected chi connectivity index (χ3v) is 2.48. The molecule has 0 bridgehead atoms. The number of hydrogen-bond acceptors (Lipinski definition) is 5. The molecule has 5 nitrogen and oxygen atoms in total. The van der Waals surface area contributed by atoms with Crippen LogP contribution in [-0.2, 0) is 9.47 Å². The number of aliphatic hydroxyl groups excluding tert-OH is 1. The van der Waals surface area contributed by atoms with E-state index in [2.05, 4.69) is 24.2 Å². The Morgan fingerprint density at radius 1 is 1.24 bits per heavy atom. The fourth-order valence-corrected chi connectivity index (χ4v) is 1.24. The summed E-state index contributed by atoms with van der Waals surface area (Å²) in [7, 11) is 2.08. The molecule has 0 amide bonds. The van der Waals surface area contributed by atoms with Gasteiger partial charge in [-0.3, -0.25) is 0 Å². The maximum atomic E-state index is 9.59. The largest absolute Gasteiger partial charge is 0.389 e. The minimum Gasteiger partial charge on any atom is -0.389 e. The van der Waals surface area contributed by atoms with E-state index in [1.54, 1.807) is 0 Å². The molecule has 0 heterocycles. The summed E-state index contributed by atoms with van der Waals surface area (Å²) in [5.41, 5.74) is 0. The molecule has 0 aromatic rings. The van der Waals surface area contributed by atoms with Gasteiger partial charge in [-0.2, -0.15) is 0 Å². The highest BCUT2D eigenvalue weighted by molar-refractivity contribution is 4.59. The van der Waals surface area contributed by atoms with Gasteiger partial charge in [0.15, 0.2) is 0 Å². The van der Waals surface area contributed by atoms with Crippen molar-refractivity contribution in [1.29, 1.82) is 0 Å². The Kier molecular flexibility index (Phi) is 12.1. The van der Waals surface area contributed by atoms with Crippen molar-refractivity contribution in [2.75, 3.05) is 59.7 Å². The standard InChI is InChI=1S/C12H28N2O3/c1-4-14(3)7-6-13-10-12(15)11-17-9-8-16-5-2/h12-13,15H,4-11H2,1-3H3. The fraction of sp³-hybridized carbons (Fsp3) is 1.00. The van der Waals surface area contributed by atoms with Crippen LogP contribution in [0.2, 0.25) is 0 Å². The van der Waals surface area contributed by atoms with E-state index in [1.807, 2.05) is 6.92 Å². The van der Waals surface area contributed by atoms with Crippen LogP contribution in [0.5, 0.6) is 0 Å². The Hall–Kier alpha value is -0.200. The van der Waals surface area contributed by atoms with Crippen molar-refractivity contribution in [2.45, 2.75) is 20.0 Å². The second kappa shape index (κ2) is 12.3. The van der Waals surface area contributed by atoms with Gasteiger partial charge < -0.3 is 24.8 Å². The normalized spacial score (nSPS) is 13.2. The molecule has 0 saturated carbocycles. The van der Waals surface area contributed by atoms with Gasteiger partial charge >= 0.3 is 0 Å². The lowest BCUT2D eigenvalue weighted by Crippen LogP contribution is -2.35. The Bertz CT molecular complexity index is 159. The lowest BCUT2D eigenvalue weighted by molar-refractivity contribution is 0.00647. The molecule has 17 heavy (non-hydrogen) atoms. The second-order valence-electron chi connectivity index (χ2n) is 4.03. The summed E-state index contributed by atoms with van der Waals surface area (Å²) in [5, 5.41) is 12.8. The van der Waals surface area contributed by atoms with Gasteiger partial charge in [-0.05, 0) is 20.5 Å². The molecular weight excluding hydrogens is 220 g/mol. The maximum absolute atomic E-state index is 9.59. The van der Waals surface area contributed by atoms with E-state index in [9.17, 15) is 5.11 Å². The summed E-state index contributed by atoms with van der Waals surface area (Å²) < 4.78 is 10.4. The van der Waals surface area contributed by atoms with E-state index in [0.29, 0.717) is 33.0 Å². The van der Waals surface area contributed by atoms with Crippen LogP contribution in [0.3, 0.4) is 0 Å². The van der Waals surface area contributed by atoms with Gasteiger partial charge in [0.2, 0.25) is 0 Å². The number of likely N-dealkylation sites (N-methyl/N-ethyl adjacent to an activating group) is 1. The molecule has 0 rings (SSSR count). The van der Waals surface area contributed by atoms with Crippen molar-refractivity contribution in [3.63, 3.8) is 0 Å². The summed E-state index contributed by atoms with van der Waals surface area (Å²) in [5.74, 6) is 0. The molecule has 0 saturated heterocycles. The van der Waals surface area contributed by atoms with Crippen molar-refractivity contribution in [1.82, 2.24) is 10.2 Å². The highest BCUT2D eigenvalue weighted by Crippen LogP contribution is 1.85. The molecule has 104 valence electrons. The van der Waals surface area contributed by atoms with E-state index in [1.165, 1.54) is 0 Å². The predicted octanol–water partition coefficient (Wildman–Crippen LogP) is -0.0583. The lowest BCUT2D eigenvalue weighted by atomic mass is 10.3. The van der Waals surface area contributed by atoms with Crippen molar-refractivity contribution < 1.29 is 14.6 Å². The van der Waals surface area contributed by atoms with Crippen LogP contribution < -0.4 is 5.32 Å². The van der Waals surface area contributed by atoms with Crippen molar-refractivity contribution in [3.8, 4) is 0 Å². The molecule has 2 N–H and O–H groups in total. The van der Waals surface area contributed by atoms with Gasteiger partial charge in [0, 0.05) is 26.2 Å². The number of ether oxygens (including phenoxy) is 2. The van der Waals surface area contributed by atoms with Crippen molar-refractivity contribution >= 4 is 0 Å². The van der Waals surface area contributed by atoms with Crippen LogP contribution in [0.4, 0.5) is 0 Å². The van der Waals surface area contributed by atoms with Gasteiger partial charge in [0.25, 0.3) is 0 Å². The molecular formula is C12H28N2O3. The van der Waals surface area contributed by atoms with Crippen LogP contribution in [0.25, 0.3) is 0 Å².